The molecule has 0 spiro atoms. The van der Waals surface area contributed by atoms with Crippen LogP contribution in [0.15, 0.2) is 12.7 Å². The van der Waals surface area contributed by atoms with Gasteiger partial charge in [-0.2, -0.15) is 0 Å². The third-order valence-electron chi connectivity index (χ3n) is 3.14. The molecule has 0 radical (unpaired) electrons. The van der Waals surface area contributed by atoms with Gasteiger partial charge in [-0.1, -0.05) is 31.8 Å². The molecule has 0 aromatic carbocycles. The molecule has 0 heterocycles. The lowest BCUT2D eigenvalue weighted by Gasteiger charge is -2.29. The zero-order chi connectivity index (χ0) is 10.4. The predicted molar refractivity (Wildman–Crippen MR) is 57.3 cm³/mol. The lowest BCUT2D eigenvalue weighted by Crippen LogP contribution is -2.39. The van der Waals surface area contributed by atoms with Crippen LogP contribution in [0, 0.1) is 0 Å². The number of carbonyl (C=O) groups excluding carboxylic acids is 1. The minimum Gasteiger partial charge on any atom is -0.370 e. The third-order valence-corrected chi connectivity index (χ3v) is 3.14. The first-order chi connectivity index (χ1) is 6.75. The van der Waals surface area contributed by atoms with Gasteiger partial charge in [-0.05, 0) is 12.8 Å². The Bertz CT molecular complexity index is 200. The summed E-state index contributed by atoms with van der Waals surface area (Å²) in [4.78, 5) is 11.9. The molecule has 0 aromatic heterocycles. The zero-order valence-corrected chi connectivity index (χ0v) is 9.05. The van der Waals surface area contributed by atoms with Crippen molar-refractivity contribution >= 4 is 5.78 Å². The summed E-state index contributed by atoms with van der Waals surface area (Å²) in [6.45, 7) is 3.61. The quantitative estimate of drug-likeness (QED) is 0.510. The van der Waals surface area contributed by atoms with Gasteiger partial charge in [0.15, 0.2) is 5.78 Å². The smallest absolute Gasteiger partial charge is 0.168 e. The molecular formula is C12H20O2. The number of hydrogen-bond acceptors (Lipinski definition) is 2. The molecule has 1 saturated carbocycles. The SMILES string of the molecule is C=CCC(=O)C1(OC)CCCCCC1. The van der Waals surface area contributed by atoms with Crippen molar-refractivity contribution in [3.8, 4) is 0 Å². The fourth-order valence-electron chi connectivity index (χ4n) is 2.21. The molecule has 1 aliphatic carbocycles. The van der Waals surface area contributed by atoms with Crippen molar-refractivity contribution in [1.82, 2.24) is 0 Å². The highest BCUT2D eigenvalue weighted by Gasteiger charge is 2.37. The van der Waals surface area contributed by atoms with E-state index in [1.807, 2.05) is 0 Å². The summed E-state index contributed by atoms with van der Waals surface area (Å²) in [5.41, 5.74) is -0.495. The molecule has 0 amide bonds. The Hall–Kier alpha value is -0.630. The summed E-state index contributed by atoms with van der Waals surface area (Å²) in [5.74, 6) is 0.205. The van der Waals surface area contributed by atoms with E-state index < -0.39 is 5.60 Å². The van der Waals surface area contributed by atoms with Crippen LogP contribution in [0.1, 0.15) is 44.9 Å². The number of allylic oxidation sites excluding steroid dienone is 1. The number of ether oxygens (including phenoxy) is 1. The summed E-state index contributed by atoms with van der Waals surface area (Å²) in [6, 6.07) is 0. The average molecular weight is 196 g/mol. The van der Waals surface area contributed by atoms with Crippen LogP contribution in [0.3, 0.4) is 0 Å². The van der Waals surface area contributed by atoms with Gasteiger partial charge in [-0.3, -0.25) is 4.79 Å². The lowest BCUT2D eigenvalue weighted by molar-refractivity contribution is -0.141. The van der Waals surface area contributed by atoms with Crippen LogP contribution < -0.4 is 0 Å². The highest BCUT2D eigenvalue weighted by atomic mass is 16.5. The highest BCUT2D eigenvalue weighted by Crippen LogP contribution is 2.31. The van der Waals surface area contributed by atoms with Crippen molar-refractivity contribution in [3.63, 3.8) is 0 Å². The number of ketones is 1. The van der Waals surface area contributed by atoms with E-state index in [-0.39, 0.29) is 5.78 Å². The normalized spacial score (nSPS) is 21.2. The Labute approximate surface area is 86.3 Å². The number of methoxy groups -OCH3 is 1. The number of Topliss-reactive ketones (excluding diaryl/α,β-unsaturated/α-hetero) is 1. The van der Waals surface area contributed by atoms with Crippen LogP contribution in [0.4, 0.5) is 0 Å². The summed E-state index contributed by atoms with van der Waals surface area (Å²) >= 11 is 0. The number of hydrogen-bond donors (Lipinski definition) is 0. The van der Waals surface area contributed by atoms with Gasteiger partial charge in [0.25, 0.3) is 0 Å². The first-order valence-corrected chi connectivity index (χ1v) is 5.44. The van der Waals surface area contributed by atoms with Gasteiger partial charge in [0.1, 0.15) is 5.60 Å². The molecule has 14 heavy (non-hydrogen) atoms. The maximum atomic E-state index is 11.9. The Kier molecular flexibility index (Phi) is 4.33. The summed E-state index contributed by atoms with van der Waals surface area (Å²) in [6.07, 6.45) is 8.56. The minimum atomic E-state index is -0.495. The summed E-state index contributed by atoms with van der Waals surface area (Å²) in [5, 5.41) is 0. The minimum absolute atomic E-state index is 0.205. The second-order valence-corrected chi connectivity index (χ2v) is 4.03. The van der Waals surface area contributed by atoms with Gasteiger partial charge in [0.2, 0.25) is 0 Å². The van der Waals surface area contributed by atoms with E-state index in [9.17, 15) is 4.79 Å². The molecule has 0 unspecified atom stereocenters. The van der Waals surface area contributed by atoms with E-state index in [1.165, 1.54) is 12.8 Å². The molecule has 0 aliphatic heterocycles. The molecule has 0 N–H and O–H groups in total. The van der Waals surface area contributed by atoms with Crippen molar-refractivity contribution in [2.75, 3.05) is 7.11 Å². The maximum absolute atomic E-state index is 11.9. The van der Waals surface area contributed by atoms with Gasteiger partial charge in [-0.15, -0.1) is 6.58 Å². The first kappa shape index (κ1) is 11.4. The van der Waals surface area contributed by atoms with Crippen molar-refractivity contribution < 1.29 is 9.53 Å². The molecule has 1 fully saturated rings. The first-order valence-electron chi connectivity index (χ1n) is 5.44. The maximum Gasteiger partial charge on any atom is 0.168 e. The van der Waals surface area contributed by atoms with Crippen LogP contribution >= 0.6 is 0 Å². The van der Waals surface area contributed by atoms with E-state index in [1.54, 1.807) is 13.2 Å². The molecule has 80 valence electrons. The predicted octanol–water partition coefficient (Wildman–Crippen LogP) is 2.87. The Morgan fingerprint density at radius 3 is 2.36 bits per heavy atom. The van der Waals surface area contributed by atoms with Crippen molar-refractivity contribution in [2.45, 2.75) is 50.5 Å². The van der Waals surface area contributed by atoms with Crippen LogP contribution in [-0.4, -0.2) is 18.5 Å². The number of carbonyl (C=O) groups is 1. The largest absolute Gasteiger partial charge is 0.370 e. The Morgan fingerprint density at radius 2 is 1.93 bits per heavy atom. The van der Waals surface area contributed by atoms with Gasteiger partial charge in [0, 0.05) is 13.5 Å². The van der Waals surface area contributed by atoms with Crippen LogP contribution in [0.2, 0.25) is 0 Å². The standard InChI is InChI=1S/C12H20O2/c1-3-8-11(13)12(14-2)9-6-4-5-7-10-12/h3H,1,4-10H2,2H3. The van der Waals surface area contributed by atoms with Gasteiger partial charge in [0.05, 0.1) is 0 Å². The Balaban J connectivity index is 2.70. The molecule has 2 nitrogen and oxygen atoms in total. The van der Waals surface area contributed by atoms with Crippen LogP contribution in [-0.2, 0) is 9.53 Å². The molecule has 1 aliphatic rings. The van der Waals surface area contributed by atoms with E-state index in [4.69, 9.17) is 4.74 Å². The van der Waals surface area contributed by atoms with E-state index in [2.05, 4.69) is 6.58 Å². The lowest BCUT2D eigenvalue weighted by atomic mass is 9.88. The molecular weight excluding hydrogens is 176 g/mol. The summed E-state index contributed by atoms with van der Waals surface area (Å²) in [7, 11) is 1.66. The molecule has 0 saturated heterocycles. The van der Waals surface area contributed by atoms with E-state index in [0.717, 1.165) is 25.7 Å². The number of rotatable bonds is 4. The second-order valence-electron chi connectivity index (χ2n) is 4.03. The van der Waals surface area contributed by atoms with Gasteiger partial charge >= 0.3 is 0 Å². The average Bonchev–Trinajstić information content (AvgIpc) is 2.44. The highest BCUT2D eigenvalue weighted by molar-refractivity contribution is 5.88. The fraction of sp³-hybridized carbons (Fsp3) is 0.750. The topological polar surface area (TPSA) is 26.3 Å². The van der Waals surface area contributed by atoms with Gasteiger partial charge in [-0.25, -0.2) is 0 Å². The molecule has 0 aromatic rings. The van der Waals surface area contributed by atoms with Crippen molar-refractivity contribution in [1.29, 1.82) is 0 Å². The fourth-order valence-corrected chi connectivity index (χ4v) is 2.21. The van der Waals surface area contributed by atoms with Crippen molar-refractivity contribution in [2.24, 2.45) is 0 Å². The monoisotopic (exact) mass is 196 g/mol. The van der Waals surface area contributed by atoms with Crippen LogP contribution in [0.5, 0.6) is 0 Å². The second kappa shape index (κ2) is 5.30. The summed E-state index contributed by atoms with van der Waals surface area (Å²) < 4.78 is 5.48. The van der Waals surface area contributed by atoms with Crippen molar-refractivity contribution in [3.05, 3.63) is 12.7 Å². The molecule has 1 rings (SSSR count). The third kappa shape index (κ3) is 2.44. The molecule has 0 atom stereocenters. The Morgan fingerprint density at radius 1 is 1.36 bits per heavy atom. The van der Waals surface area contributed by atoms with Gasteiger partial charge < -0.3 is 4.74 Å². The molecule has 0 bridgehead atoms. The van der Waals surface area contributed by atoms with E-state index in [0.29, 0.717) is 6.42 Å². The van der Waals surface area contributed by atoms with E-state index >= 15 is 0 Å². The van der Waals surface area contributed by atoms with Crippen LogP contribution in [0.25, 0.3) is 0 Å². The molecule has 2 heteroatoms. The zero-order valence-electron chi connectivity index (χ0n) is 9.05.